The van der Waals surface area contributed by atoms with E-state index in [9.17, 15) is 9.59 Å². The molecule has 0 bridgehead atoms. The first-order chi connectivity index (χ1) is 12.4. The third-order valence-electron chi connectivity index (χ3n) is 4.20. The van der Waals surface area contributed by atoms with Crippen LogP contribution in [0.4, 0.5) is 9.80 Å². The van der Waals surface area contributed by atoms with Crippen LogP contribution >= 0.6 is 11.3 Å². The molecule has 138 valence electrons. The predicted molar refractivity (Wildman–Crippen MR) is 101 cm³/mol. The van der Waals surface area contributed by atoms with E-state index in [2.05, 4.69) is 10.6 Å². The van der Waals surface area contributed by atoms with Gasteiger partial charge in [-0.1, -0.05) is 30.3 Å². The lowest BCUT2D eigenvalue weighted by molar-refractivity contribution is -0.0384. The van der Waals surface area contributed by atoms with Crippen molar-refractivity contribution in [3.05, 3.63) is 51.9 Å². The van der Waals surface area contributed by atoms with Gasteiger partial charge in [-0.25, -0.2) is 9.59 Å². The molecule has 7 heteroatoms. The smallest absolute Gasteiger partial charge is 0.341 e. The Labute approximate surface area is 156 Å². The van der Waals surface area contributed by atoms with Crippen LogP contribution in [0.5, 0.6) is 0 Å². The van der Waals surface area contributed by atoms with Gasteiger partial charge in [0.15, 0.2) is 0 Å². The minimum absolute atomic E-state index is 0.357. The summed E-state index contributed by atoms with van der Waals surface area (Å²) >= 11 is 1.36. The van der Waals surface area contributed by atoms with Crippen LogP contribution in [0.3, 0.4) is 0 Å². The summed E-state index contributed by atoms with van der Waals surface area (Å²) in [7, 11) is 1.34. The van der Waals surface area contributed by atoms with Gasteiger partial charge in [0.1, 0.15) is 5.00 Å². The Hall–Kier alpha value is -2.38. The van der Waals surface area contributed by atoms with Crippen molar-refractivity contribution in [1.82, 2.24) is 5.32 Å². The normalized spacial score (nSPS) is 15.0. The van der Waals surface area contributed by atoms with E-state index >= 15 is 0 Å². The van der Waals surface area contributed by atoms with Crippen molar-refractivity contribution in [3.63, 3.8) is 0 Å². The summed E-state index contributed by atoms with van der Waals surface area (Å²) in [6.45, 7) is 4.79. The number of urea groups is 1. The first-order valence-corrected chi connectivity index (χ1v) is 9.17. The zero-order valence-corrected chi connectivity index (χ0v) is 15.9. The second-order valence-corrected chi connectivity index (χ2v) is 7.82. The van der Waals surface area contributed by atoms with Crippen LogP contribution in [0.25, 0.3) is 0 Å². The average molecular weight is 374 g/mol. The van der Waals surface area contributed by atoms with E-state index in [-0.39, 0.29) is 11.6 Å². The molecule has 0 saturated heterocycles. The molecule has 2 N–H and O–H groups in total. The number of methoxy groups -OCH3 is 1. The molecule has 1 aliphatic heterocycles. The highest BCUT2D eigenvalue weighted by molar-refractivity contribution is 7.17. The number of nitrogens with one attached hydrogen (secondary N) is 2. The van der Waals surface area contributed by atoms with Crippen LogP contribution in [0.1, 0.15) is 40.2 Å². The maximum atomic E-state index is 12.3. The molecule has 0 spiro atoms. The molecule has 1 aromatic heterocycles. The van der Waals surface area contributed by atoms with Crippen LogP contribution in [-0.4, -0.2) is 24.7 Å². The third-order valence-corrected chi connectivity index (χ3v) is 5.32. The largest absolute Gasteiger partial charge is 0.465 e. The average Bonchev–Trinajstić information content (AvgIpc) is 2.96. The molecule has 2 aromatic rings. The summed E-state index contributed by atoms with van der Waals surface area (Å²) in [5.74, 6) is -0.446. The topological polar surface area (TPSA) is 76.7 Å². The highest BCUT2D eigenvalue weighted by Gasteiger charge is 2.34. The van der Waals surface area contributed by atoms with Crippen LogP contribution in [-0.2, 0) is 29.0 Å². The van der Waals surface area contributed by atoms with E-state index in [0.29, 0.717) is 30.1 Å². The van der Waals surface area contributed by atoms with Gasteiger partial charge in [-0.2, -0.15) is 0 Å². The van der Waals surface area contributed by atoms with E-state index in [1.807, 2.05) is 44.2 Å². The minimum atomic E-state index is -0.446. The second kappa shape index (κ2) is 7.47. The van der Waals surface area contributed by atoms with Gasteiger partial charge < -0.3 is 14.8 Å². The fourth-order valence-electron chi connectivity index (χ4n) is 2.89. The number of esters is 1. The first-order valence-electron chi connectivity index (χ1n) is 8.35. The van der Waals surface area contributed by atoms with Crippen LogP contribution in [0, 0.1) is 0 Å². The zero-order chi connectivity index (χ0) is 18.7. The predicted octanol–water partition coefficient (Wildman–Crippen LogP) is 3.71. The molecule has 0 unspecified atom stereocenters. The second-order valence-electron chi connectivity index (χ2n) is 6.72. The molecule has 0 saturated carbocycles. The maximum absolute atomic E-state index is 12.3. The third kappa shape index (κ3) is 4.05. The summed E-state index contributed by atoms with van der Waals surface area (Å²) in [6.07, 6.45) is 0.594. The van der Waals surface area contributed by atoms with Gasteiger partial charge >= 0.3 is 12.0 Å². The number of fused-ring (bicyclic) bond motifs is 1. The number of carbonyl (C=O) groups excluding carboxylic acids is 2. The maximum Gasteiger partial charge on any atom is 0.341 e. The molecule has 0 fully saturated rings. The number of thiophene rings is 1. The van der Waals surface area contributed by atoms with Crippen molar-refractivity contribution in [1.29, 1.82) is 0 Å². The Morgan fingerprint density at radius 1 is 1.27 bits per heavy atom. The zero-order valence-electron chi connectivity index (χ0n) is 15.0. The van der Waals surface area contributed by atoms with E-state index in [1.165, 1.54) is 18.4 Å². The SMILES string of the molecule is COC(=O)c1c(NC(=O)NCc2ccccc2)sc2c1CC(C)(C)OC2. The molecule has 1 aliphatic rings. The van der Waals surface area contributed by atoms with Crippen LogP contribution < -0.4 is 10.6 Å². The minimum Gasteiger partial charge on any atom is -0.465 e. The van der Waals surface area contributed by atoms with Gasteiger partial charge in [0.2, 0.25) is 0 Å². The summed E-state index contributed by atoms with van der Waals surface area (Å²) < 4.78 is 10.7. The molecule has 2 heterocycles. The molecule has 1 aromatic carbocycles. The summed E-state index contributed by atoms with van der Waals surface area (Å²) in [5.41, 5.74) is 1.97. The highest BCUT2D eigenvalue weighted by Crippen LogP contribution is 2.40. The molecule has 3 rings (SSSR count). The molecular formula is C19H22N2O4S. The lowest BCUT2D eigenvalue weighted by Gasteiger charge is -2.30. The summed E-state index contributed by atoms with van der Waals surface area (Å²) in [6, 6.07) is 9.26. The number of hydrogen-bond acceptors (Lipinski definition) is 5. The van der Waals surface area contributed by atoms with Gasteiger partial charge in [0.25, 0.3) is 0 Å². The van der Waals surface area contributed by atoms with Crippen molar-refractivity contribution in [3.8, 4) is 0 Å². The van der Waals surface area contributed by atoms with Crippen molar-refractivity contribution < 1.29 is 19.1 Å². The van der Waals surface area contributed by atoms with E-state index in [4.69, 9.17) is 9.47 Å². The fourth-order valence-corrected chi connectivity index (χ4v) is 4.00. The van der Waals surface area contributed by atoms with E-state index < -0.39 is 5.97 Å². The van der Waals surface area contributed by atoms with Crippen molar-refractivity contribution >= 4 is 28.3 Å². The standard InChI is InChI=1S/C19H22N2O4S/c1-19(2)9-13-14(11-25-19)26-16(15(13)17(22)24-3)21-18(23)20-10-12-7-5-4-6-8-12/h4-8H,9-11H2,1-3H3,(H2,20,21,23). The number of benzene rings is 1. The monoisotopic (exact) mass is 374 g/mol. The van der Waals surface area contributed by atoms with Crippen LogP contribution in [0.15, 0.2) is 30.3 Å². The molecule has 6 nitrogen and oxygen atoms in total. The Balaban J connectivity index is 1.78. The van der Waals surface area contributed by atoms with Crippen molar-refractivity contribution in [2.75, 3.05) is 12.4 Å². The Morgan fingerprint density at radius 3 is 2.69 bits per heavy atom. The number of anilines is 1. The van der Waals surface area contributed by atoms with Crippen molar-refractivity contribution in [2.45, 2.75) is 39.0 Å². The number of rotatable bonds is 4. The molecule has 0 aliphatic carbocycles. The van der Waals surface area contributed by atoms with E-state index in [1.54, 1.807) is 0 Å². The summed E-state index contributed by atoms with van der Waals surface area (Å²) in [4.78, 5) is 25.5. The summed E-state index contributed by atoms with van der Waals surface area (Å²) in [5, 5.41) is 6.09. The van der Waals surface area contributed by atoms with Gasteiger partial charge in [0.05, 0.1) is 24.9 Å². The Morgan fingerprint density at radius 2 is 2.00 bits per heavy atom. The molecular weight excluding hydrogens is 352 g/mol. The van der Waals surface area contributed by atoms with Crippen LogP contribution in [0.2, 0.25) is 0 Å². The van der Waals surface area contributed by atoms with E-state index in [0.717, 1.165) is 16.0 Å². The molecule has 2 amide bonds. The fraction of sp³-hybridized carbons (Fsp3) is 0.368. The number of ether oxygens (including phenoxy) is 2. The number of carbonyl (C=O) groups is 2. The molecule has 0 radical (unpaired) electrons. The number of amides is 2. The molecule has 26 heavy (non-hydrogen) atoms. The number of hydrogen-bond donors (Lipinski definition) is 2. The quantitative estimate of drug-likeness (QED) is 0.800. The Bertz CT molecular complexity index is 814. The van der Waals surface area contributed by atoms with Gasteiger partial charge in [-0.05, 0) is 25.0 Å². The highest BCUT2D eigenvalue weighted by atomic mass is 32.1. The van der Waals surface area contributed by atoms with Gasteiger partial charge in [-0.3, -0.25) is 5.32 Å². The molecule has 0 atom stereocenters. The lowest BCUT2D eigenvalue weighted by Crippen LogP contribution is -2.32. The lowest BCUT2D eigenvalue weighted by atomic mass is 9.93. The van der Waals surface area contributed by atoms with Gasteiger partial charge in [0, 0.05) is 17.8 Å². The Kier molecular flexibility index (Phi) is 5.29. The van der Waals surface area contributed by atoms with Crippen molar-refractivity contribution in [2.24, 2.45) is 0 Å². The van der Waals surface area contributed by atoms with Gasteiger partial charge in [-0.15, -0.1) is 11.3 Å². The first kappa shape index (κ1) is 18.4.